The molecule has 0 saturated carbocycles. The van der Waals surface area contributed by atoms with Gasteiger partial charge in [0.05, 0.1) is 12.8 Å². The maximum Gasteiger partial charge on any atom is 0.143 e. The van der Waals surface area contributed by atoms with Gasteiger partial charge >= 0.3 is 0 Å². The summed E-state index contributed by atoms with van der Waals surface area (Å²) in [4.78, 5) is 0. The Balaban J connectivity index is 2.25. The molecule has 21 heavy (non-hydrogen) atoms. The second-order valence-corrected chi connectivity index (χ2v) is 5.37. The zero-order chi connectivity index (χ0) is 15.6. The minimum Gasteiger partial charge on any atom is -0.495 e. The third-order valence-electron chi connectivity index (χ3n) is 3.70. The number of methoxy groups -OCH3 is 1. The number of anilines is 1. The molecule has 0 amide bonds. The minimum atomic E-state index is 0.624. The molecule has 110 valence electrons. The molecule has 0 aliphatic rings. The molecule has 0 fully saturated rings. The maximum atomic E-state index is 9.06. The van der Waals surface area contributed by atoms with Crippen LogP contribution >= 0.6 is 11.6 Å². The number of hydrogen-bond donors (Lipinski definition) is 1. The van der Waals surface area contributed by atoms with Gasteiger partial charge in [0.15, 0.2) is 0 Å². The lowest BCUT2D eigenvalue weighted by Gasteiger charge is -2.13. The van der Waals surface area contributed by atoms with Gasteiger partial charge in [0.1, 0.15) is 17.5 Å². The van der Waals surface area contributed by atoms with Crippen molar-refractivity contribution in [3.63, 3.8) is 0 Å². The number of nitrogens with zero attached hydrogens (tertiary/aromatic N) is 2. The van der Waals surface area contributed by atoms with E-state index in [9.17, 15) is 0 Å². The van der Waals surface area contributed by atoms with E-state index >= 15 is 0 Å². The van der Waals surface area contributed by atoms with E-state index in [0.717, 1.165) is 22.5 Å². The van der Waals surface area contributed by atoms with Gasteiger partial charge in [-0.3, -0.25) is 0 Å². The monoisotopic (exact) mass is 303 g/mol. The molecule has 2 rings (SSSR count). The van der Waals surface area contributed by atoms with Crippen LogP contribution in [0.25, 0.3) is 0 Å². The van der Waals surface area contributed by atoms with Crippen LogP contribution in [0, 0.1) is 25.2 Å². The molecule has 1 N–H and O–H groups in total. The number of benzene rings is 1. The first-order valence-corrected chi connectivity index (χ1v) is 6.99. The van der Waals surface area contributed by atoms with Crippen molar-refractivity contribution >= 4 is 17.3 Å². The number of ether oxygens (including phenoxy) is 1. The molecule has 0 bridgehead atoms. The normalized spacial score (nSPS) is 10.3. The van der Waals surface area contributed by atoms with E-state index in [1.165, 1.54) is 0 Å². The molecule has 1 aromatic carbocycles. The Kier molecular flexibility index (Phi) is 4.44. The molecule has 0 radical (unpaired) electrons. The summed E-state index contributed by atoms with van der Waals surface area (Å²) in [5.41, 5.74) is 4.69. The van der Waals surface area contributed by atoms with Crippen LogP contribution in [0.2, 0.25) is 5.02 Å². The SMILES string of the molecule is COc1cc(Cl)c(C)cc1NCc1cc(C#N)n(C)c1C. The Hall–Kier alpha value is -2.12. The van der Waals surface area contributed by atoms with E-state index in [2.05, 4.69) is 11.4 Å². The van der Waals surface area contributed by atoms with Crippen molar-refractivity contribution in [3.05, 3.63) is 45.7 Å². The van der Waals surface area contributed by atoms with Crippen LogP contribution in [0.5, 0.6) is 5.75 Å². The zero-order valence-electron chi connectivity index (χ0n) is 12.6. The van der Waals surface area contributed by atoms with Crippen molar-refractivity contribution in [2.45, 2.75) is 20.4 Å². The zero-order valence-corrected chi connectivity index (χ0v) is 13.4. The first-order chi connectivity index (χ1) is 9.97. The number of halogens is 1. The Morgan fingerprint density at radius 1 is 1.33 bits per heavy atom. The Labute approximate surface area is 129 Å². The molecule has 2 aromatic rings. The lowest BCUT2D eigenvalue weighted by Crippen LogP contribution is -2.03. The lowest BCUT2D eigenvalue weighted by molar-refractivity contribution is 0.416. The molecule has 0 aliphatic carbocycles. The van der Waals surface area contributed by atoms with Crippen molar-refractivity contribution < 1.29 is 4.74 Å². The Morgan fingerprint density at radius 2 is 2.05 bits per heavy atom. The number of nitriles is 1. The Bertz CT molecular complexity index is 713. The van der Waals surface area contributed by atoms with Crippen LogP contribution in [0.4, 0.5) is 5.69 Å². The predicted molar refractivity (Wildman–Crippen MR) is 84.9 cm³/mol. The van der Waals surface area contributed by atoms with Crippen LogP contribution in [-0.4, -0.2) is 11.7 Å². The number of rotatable bonds is 4. The number of hydrogen-bond acceptors (Lipinski definition) is 3. The first-order valence-electron chi connectivity index (χ1n) is 6.61. The van der Waals surface area contributed by atoms with E-state index in [1.54, 1.807) is 13.2 Å². The first kappa shape index (κ1) is 15.3. The molecular formula is C16H18ClN3O. The summed E-state index contributed by atoms with van der Waals surface area (Å²) < 4.78 is 7.24. The average Bonchev–Trinajstić information content (AvgIpc) is 2.75. The molecule has 0 unspecified atom stereocenters. The molecule has 5 heteroatoms. The lowest BCUT2D eigenvalue weighted by atomic mass is 10.2. The highest BCUT2D eigenvalue weighted by Gasteiger charge is 2.11. The number of aryl methyl sites for hydroxylation is 1. The van der Waals surface area contributed by atoms with Crippen LogP contribution in [0.15, 0.2) is 18.2 Å². The van der Waals surface area contributed by atoms with Crippen LogP contribution < -0.4 is 10.1 Å². The molecule has 0 spiro atoms. The predicted octanol–water partition coefficient (Wildman–Crippen LogP) is 3.79. The highest BCUT2D eigenvalue weighted by atomic mass is 35.5. The van der Waals surface area contributed by atoms with Crippen LogP contribution in [-0.2, 0) is 13.6 Å². The van der Waals surface area contributed by atoms with E-state index in [4.69, 9.17) is 21.6 Å². The molecule has 0 atom stereocenters. The van der Waals surface area contributed by atoms with Crippen LogP contribution in [0.3, 0.4) is 0 Å². The quantitative estimate of drug-likeness (QED) is 0.935. The highest BCUT2D eigenvalue weighted by Crippen LogP contribution is 2.31. The average molecular weight is 304 g/mol. The highest BCUT2D eigenvalue weighted by molar-refractivity contribution is 6.31. The summed E-state index contributed by atoms with van der Waals surface area (Å²) >= 11 is 6.10. The van der Waals surface area contributed by atoms with Gasteiger partial charge in [-0.05, 0) is 37.1 Å². The molecule has 0 aliphatic heterocycles. The Morgan fingerprint density at radius 3 is 2.62 bits per heavy atom. The van der Waals surface area contributed by atoms with Crippen molar-refractivity contribution in [1.82, 2.24) is 4.57 Å². The van der Waals surface area contributed by atoms with Crippen molar-refractivity contribution in [3.8, 4) is 11.8 Å². The van der Waals surface area contributed by atoms with Gasteiger partial charge in [-0.25, -0.2) is 0 Å². The van der Waals surface area contributed by atoms with Gasteiger partial charge in [-0.2, -0.15) is 5.26 Å². The molecule has 1 heterocycles. The largest absolute Gasteiger partial charge is 0.495 e. The summed E-state index contributed by atoms with van der Waals surface area (Å²) in [7, 11) is 3.51. The smallest absolute Gasteiger partial charge is 0.143 e. The molecule has 1 aromatic heterocycles. The fourth-order valence-corrected chi connectivity index (χ4v) is 2.36. The standard InChI is InChI=1S/C16H18ClN3O/c1-10-5-15(16(21-4)7-14(10)17)19-9-12-6-13(8-18)20(3)11(12)2/h5-7,19H,9H2,1-4H3. The van der Waals surface area contributed by atoms with Gasteiger partial charge in [0, 0.05) is 30.4 Å². The van der Waals surface area contributed by atoms with Gasteiger partial charge in [0.2, 0.25) is 0 Å². The third-order valence-corrected chi connectivity index (χ3v) is 4.11. The minimum absolute atomic E-state index is 0.624. The van der Waals surface area contributed by atoms with E-state index in [0.29, 0.717) is 23.0 Å². The van der Waals surface area contributed by atoms with Gasteiger partial charge < -0.3 is 14.6 Å². The second kappa shape index (κ2) is 6.11. The van der Waals surface area contributed by atoms with Crippen molar-refractivity contribution in [2.24, 2.45) is 7.05 Å². The summed E-state index contributed by atoms with van der Waals surface area (Å²) in [5, 5.41) is 13.1. The van der Waals surface area contributed by atoms with E-state index in [-0.39, 0.29) is 0 Å². The summed E-state index contributed by atoms with van der Waals surface area (Å²) in [6, 6.07) is 7.85. The topological polar surface area (TPSA) is 50.0 Å². The van der Waals surface area contributed by atoms with Gasteiger partial charge in [-0.1, -0.05) is 11.6 Å². The third kappa shape index (κ3) is 2.98. The maximum absolute atomic E-state index is 9.06. The molecule has 4 nitrogen and oxygen atoms in total. The summed E-state index contributed by atoms with van der Waals surface area (Å²) in [5.74, 6) is 0.708. The fraction of sp³-hybridized carbons (Fsp3) is 0.312. The fourth-order valence-electron chi connectivity index (χ4n) is 2.21. The molecule has 0 saturated heterocycles. The van der Waals surface area contributed by atoms with Crippen molar-refractivity contribution in [2.75, 3.05) is 12.4 Å². The number of aromatic nitrogens is 1. The van der Waals surface area contributed by atoms with Gasteiger partial charge in [-0.15, -0.1) is 0 Å². The summed E-state index contributed by atoms with van der Waals surface area (Å²) in [6.45, 7) is 4.58. The summed E-state index contributed by atoms with van der Waals surface area (Å²) in [6.07, 6.45) is 0. The number of nitrogens with one attached hydrogen (secondary N) is 1. The van der Waals surface area contributed by atoms with Crippen molar-refractivity contribution in [1.29, 1.82) is 5.26 Å². The van der Waals surface area contributed by atoms with E-state index < -0.39 is 0 Å². The van der Waals surface area contributed by atoms with Gasteiger partial charge in [0.25, 0.3) is 0 Å². The van der Waals surface area contributed by atoms with Crippen LogP contribution in [0.1, 0.15) is 22.5 Å². The second-order valence-electron chi connectivity index (χ2n) is 4.97. The van der Waals surface area contributed by atoms with E-state index in [1.807, 2.05) is 37.6 Å². The molecular weight excluding hydrogens is 286 g/mol.